The molecule has 2 heterocycles. The van der Waals surface area contributed by atoms with Crippen molar-refractivity contribution in [2.75, 3.05) is 24.5 Å². The Morgan fingerprint density at radius 3 is 2.43 bits per heavy atom. The van der Waals surface area contributed by atoms with Crippen molar-refractivity contribution in [1.82, 2.24) is 9.97 Å². The lowest BCUT2D eigenvalue weighted by Gasteiger charge is -2.31. The molecule has 3 rings (SSSR count). The molecule has 122 valence electrons. The van der Waals surface area contributed by atoms with Gasteiger partial charge in [0.25, 0.3) is 0 Å². The summed E-state index contributed by atoms with van der Waals surface area (Å²) in [6, 6.07) is 10.7. The zero-order chi connectivity index (χ0) is 16.2. The van der Waals surface area contributed by atoms with Gasteiger partial charge in [-0.05, 0) is 50.3 Å². The van der Waals surface area contributed by atoms with Gasteiger partial charge in [0.05, 0.1) is 5.69 Å². The molecule has 1 saturated heterocycles. The van der Waals surface area contributed by atoms with Crippen LogP contribution in [0.3, 0.4) is 0 Å². The molecule has 0 spiro atoms. The topological polar surface area (TPSA) is 55.0 Å². The number of nitrogens with two attached hydrogens (primary N) is 1. The van der Waals surface area contributed by atoms with E-state index in [-0.39, 0.29) is 0 Å². The fraction of sp³-hybridized carbons (Fsp3) is 0.474. The Morgan fingerprint density at radius 1 is 1.13 bits per heavy atom. The van der Waals surface area contributed by atoms with E-state index in [4.69, 9.17) is 10.7 Å². The molecule has 1 aromatic carbocycles. The summed E-state index contributed by atoms with van der Waals surface area (Å²) < 4.78 is 0. The molecule has 0 bridgehead atoms. The SMILES string of the molecule is CCc1ccc(-c2cc(C)nc(N3CCC(CN)CC3)n2)cc1. The molecule has 4 heteroatoms. The van der Waals surface area contributed by atoms with Crippen LogP contribution in [0.5, 0.6) is 0 Å². The summed E-state index contributed by atoms with van der Waals surface area (Å²) in [4.78, 5) is 11.8. The summed E-state index contributed by atoms with van der Waals surface area (Å²) in [5.74, 6) is 1.51. The predicted molar refractivity (Wildman–Crippen MR) is 95.6 cm³/mol. The third-order valence-electron chi connectivity index (χ3n) is 4.73. The van der Waals surface area contributed by atoms with E-state index < -0.39 is 0 Å². The maximum absolute atomic E-state index is 5.79. The van der Waals surface area contributed by atoms with Gasteiger partial charge in [-0.25, -0.2) is 9.97 Å². The molecule has 0 amide bonds. The summed E-state index contributed by atoms with van der Waals surface area (Å²) in [7, 11) is 0. The minimum absolute atomic E-state index is 0.650. The van der Waals surface area contributed by atoms with Crippen LogP contribution in [0.2, 0.25) is 0 Å². The number of hydrogen-bond donors (Lipinski definition) is 1. The molecule has 0 atom stereocenters. The number of hydrogen-bond acceptors (Lipinski definition) is 4. The summed E-state index contributed by atoms with van der Waals surface area (Å²) in [6.07, 6.45) is 3.33. The lowest BCUT2D eigenvalue weighted by Crippen LogP contribution is -2.37. The first-order chi connectivity index (χ1) is 11.2. The molecule has 0 aliphatic carbocycles. The van der Waals surface area contributed by atoms with E-state index in [0.29, 0.717) is 5.92 Å². The molecule has 0 unspecified atom stereocenters. The first-order valence-corrected chi connectivity index (χ1v) is 8.59. The van der Waals surface area contributed by atoms with Crippen molar-refractivity contribution in [3.63, 3.8) is 0 Å². The van der Waals surface area contributed by atoms with E-state index >= 15 is 0 Å². The van der Waals surface area contributed by atoms with Gasteiger partial charge < -0.3 is 10.6 Å². The second kappa shape index (κ2) is 7.09. The van der Waals surface area contributed by atoms with Gasteiger partial charge in [-0.1, -0.05) is 31.2 Å². The summed E-state index contributed by atoms with van der Waals surface area (Å²) >= 11 is 0. The van der Waals surface area contributed by atoms with Gasteiger partial charge in [-0.15, -0.1) is 0 Å². The molecule has 4 nitrogen and oxygen atoms in total. The summed E-state index contributed by atoms with van der Waals surface area (Å²) in [5, 5.41) is 0. The normalized spacial score (nSPS) is 15.9. The van der Waals surface area contributed by atoms with Crippen LogP contribution in [0, 0.1) is 12.8 Å². The quantitative estimate of drug-likeness (QED) is 0.942. The Kier molecular flexibility index (Phi) is 4.91. The Morgan fingerprint density at radius 2 is 1.83 bits per heavy atom. The number of nitrogens with zero attached hydrogens (tertiary/aromatic N) is 3. The van der Waals surface area contributed by atoms with Crippen LogP contribution in [0.1, 0.15) is 31.0 Å². The predicted octanol–water partition coefficient (Wildman–Crippen LogP) is 3.19. The van der Waals surface area contributed by atoms with Crippen molar-refractivity contribution in [2.45, 2.75) is 33.1 Å². The Hall–Kier alpha value is -1.94. The average molecular weight is 310 g/mol. The molecular formula is C19H26N4. The first kappa shape index (κ1) is 15.9. The van der Waals surface area contributed by atoms with Gasteiger partial charge in [-0.3, -0.25) is 0 Å². The molecule has 1 aromatic heterocycles. The molecule has 1 fully saturated rings. The highest BCUT2D eigenvalue weighted by molar-refractivity contribution is 5.61. The zero-order valence-electron chi connectivity index (χ0n) is 14.1. The summed E-state index contributed by atoms with van der Waals surface area (Å²) in [5.41, 5.74) is 10.3. The monoisotopic (exact) mass is 310 g/mol. The maximum atomic E-state index is 5.79. The minimum Gasteiger partial charge on any atom is -0.341 e. The Bertz CT molecular complexity index is 643. The van der Waals surface area contributed by atoms with Crippen molar-refractivity contribution < 1.29 is 0 Å². The third kappa shape index (κ3) is 3.70. The number of rotatable bonds is 4. The van der Waals surface area contributed by atoms with Crippen LogP contribution in [-0.2, 0) is 6.42 Å². The van der Waals surface area contributed by atoms with Gasteiger partial charge in [0.2, 0.25) is 5.95 Å². The average Bonchev–Trinajstić information content (AvgIpc) is 2.61. The maximum Gasteiger partial charge on any atom is 0.226 e. The van der Waals surface area contributed by atoms with Crippen LogP contribution in [-0.4, -0.2) is 29.6 Å². The fourth-order valence-corrected chi connectivity index (χ4v) is 3.12. The molecule has 0 radical (unpaired) electrons. The van der Waals surface area contributed by atoms with E-state index in [2.05, 4.69) is 47.1 Å². The zero-order valence-corrected chi connectivity index (χ0v) is 14.1. The standard InChI is InChI=1S/C19H26N4/c1-3-15-4-6-17(7-5-15)18-12-14(2)21-19(22-18)23-10-8-16(13-20)9-11-23/h4-7,12,16H,3,8-11,13,20H2,1-2H3. The van der Waals surface area contributed by atoms with Crippen LogP contribution in [0.15, 0.2) is 30.3 Å². The highest BCUT2D eigenvalue weighted by Crippen LogP contribution is 2.24. The lowest BCUT2D eigenvalue weighted by atomic mass is 9.97. The van der Waals surface area contributed by atoms with E-state index in [1.165, 1.54) is 5.56 Å². The lowest BCUT2D eigenvalue weighted by molar-refractivity contribution is 0.411. The second-order valence-electron chi connectivity index (χ2n) is 6.41. The van der Waals surface area contributed by atoms with Gasteiger partial charge in [0.1, 0.15) is 0 Å². The van der Waals surface area contributed by atoms with Gasteiger partial charge in [-0.2, -0.15) is 0 Å². The van der Waals surface area contributed by atoms with Crippen LogP contribution in [0.4, 0.5) is 5.95 Å². The smallest absolute Gasteiger partial charge is 0.226 e. The molecule has 1 aliphatic rings. The van der Waals surface area contributed by atoms with Crippen molar-refractivity contribution in [1.29, 1.82) is 0 Å². The van der Waals surface area contributed by atoms with Crippen LogP contribution < -0.4 is 10.6 Å². The Labute approximate surface area is 138 Å². The number of piperidine rings is 1. The molecular weight excluding hydrogens is 284 g/mol. The highest BCUT2D eigenvalue weighted by atomic mass is 15.3. The number of anilines is 1. The van der Waals surface area contributed by atoms with Gasteiger partial charge in [0.15, 0.2) is 0 Å². The Balaban J connectivity index is 1.84. The molecule has 2 N–H and O–H groups in total. The first-order valence-electron chi connectivity index (χ1n) is 8.59. The largest absolute Gasteiger partial charge is 0.341 e. The van der Waals surface area contributed by atoms with E-state index in [1.54, 1.807) is 0 Å². The fourth-order valence-electron chi connectivity index (χ4n) is 3.12. The number of aryl methyl sites for hydroxylation is 2. The molecule has 23 heavy (non-hydrogen) atoms. The minimum atomic E-state index is 0.650. The van der Waals surface area contributed by atoms with Crippen molar-refractivity contribution in [3.05, 3.63) is 41.6 Å². The van der Waals surface area contributed by atoms with E-state index in [0.717, 1.165) is 61.8 Å². The summed E-state index contributed by atoms with van der Waals surface area (Å²) in [6.45, 7) is 7.01. The van der Waals surface area contributed by atoms with Crippen molar-refractivity contribution in [2.24, 2.45) is 11.7 Å². The highest BCUT2D eigenvalue weighted by Gasteiger charge is 2.20. The third-order valence-corrected chi connectivity index (χ3v) is 4.73. The molecule has 1 aliphatic heterocycles. The van der Waals surface area contributed by atoms with E-state index in [9.17, 15) is 0 Å². The second-order valence-corrected chi connectivity index (χ2v) is 6.41. The van der Waals surface area contributed by atoms with Gasteiger partial charge >= 0.3 is 0 Å². The van der Waals surface area contributed by atoms with Crippen molar-refractivity contribution in [3.8, 4) is 11.3 Å². The van der Waals surface area contributed by atoms with Crippen LogP contribution in [0.25, 0.3) is 11.3 Å². The number of aromatic nitrogens is 2. The van der Waals surface area contributed by atoms with Crippen LogP contribution >= 0.6 is 0 Å². The van der Waals surface area contributed by atoms with E-state index in [1.807, 2.05) is 6.92 Å². The molecule has 2 aromatic rings. The number of benzene rings is 1. The molecule has 0 saturated carbocycles. The van der Waals surface area contributed by atoms with Crippen molar-refractivity contribution >= 4 is 5.95 Å². The van der Waals surface area contributed by atoms with Gasteiger partial charge in [0, 0.05) is 24.3 Å².